The lowest BCUT2D eigenvalue weighted by molar-refractivity contribution is 0.102. The Balaban J connectivity index is 2.26. The van der Waals surface area contributed by atoms with Gasteiger partial charge in [0.15, 0.2) is 0 Å². The average molecular weight is 272 g/mol. The summed E-state index contributed by atoms with van der Waals surface area (Å²) in [5.41, 5.74) is 2.76. The summed E-state index contributed by atoms with van der Waals surface area (Å²) >= 11 is 0. The van der Waals surface area contributed by atoms with E-state index in [1.165, 1.54) is 12.1 Å². The molecule has 2 aromatic rings. The van der Waals surface area contributed by atoms with Gasteiger partial charge in [0.1, 0.15) is 5.82 Å². The molecule has 0 saturated heterocycles. The van der Waals surface area contributed by atoms with Gasteiger partial charge < -0.3 is 10.6 Å². The van der Waals surface area contributed by atoms with Crippen LogP contribution in [0, 0.1) is 12.7 Å². The molecular weight excluding hydrogens is 255 g/mol. The number of carbonyl (C=O) groups is 1. The molecule has 0 unspecified atom stereocenters. The number of rotatable bonds is 4. The number of amides is 1. The molecule has 0 aliphatic carbocycles. The van der Waals surface area contributed by atoms with E-state index < -0.39 is 0 Å². The van der Waals surface area contributed by atoms with E-state index in [9.17, 15) is 9.18 Å². The lowest BCUT2D eigenvalue weighted by atomic mass is 10.1. The first-order chi connectivity index (χ1) is 9.60. The minimum Gasteiger partial charge on any atom is -0.385 e. The summed E-state index contributed by atoms with van der Waals surface area (Å²) in [5, 5.41) is 5.85. The summed E-state index contributed by atoms with van der Waals surface area (Å²) in [7, 11) is 0. The van der Waals surface area contributed by atoms with Gasteiger partial charge in [0, 0.05) is 17.9 Å². The Labute approximate surface area is 117 Å². The molecule has 2 rings (SSSR count). The van der Waals surface area contributed by atoms with Crippen LogP contribution in [0.3, 0.4) is 0 Å². The highest BCUT2D eigenvalue weighted by molar-refractivity contribution is 6.08. The van der Waals surface area contributed by atoms with Crippen molar-refractivity contribution in [2.75, 3.05) is 17.2 Å². The quantitative estimate of drug-likeness (QED) is 0.888. The minimum atomic E-state index is -0.376. The van der Waals surface area contributed by atoms with Crippen molar-refractivity contribution in [3.63, 3.8) is 0 Å². The van der Waals surface area contributed by atoms with Crippen LogP contribution in [0.15, 0.2) is 42.5 Å². The molecule has 0 atom stereocenters. The topological polar surface area (TPSA) is 41.1 Å². The molecule has 2 N–H and O–H groups in total. The van der Waals surface area contributed by atoms with Crippen molar-refractivity contribution >= 4 is 17.3 Å². The van der Waals surface area contributed by atoms with Gasteiger partial charge in [-0.25, -0.2) is 4.39 Å². The van der Waals surface area contributed by atoms with Crippen molar-refractivity contribution < 1.29 is 9.18 Å². The molecule has 0 aliphatic rings. The Morgan fingerprint density at radius 2 is 2.00 bits per heavy atom. The second kappa shape index (κ2) is 6.19. The van der Waals surface area contributed by atoms with E-state index in [-0.39, 0.29) is 11.7 Å². The van der Waals surface area contributed by atoms with Gasteiger partial charge in [0.2, 0.25) is 0 Å². The third kappa shape index (κ3) is 3.35. The molecule has 0 radical (unpaired) electrons. The fourth-order valence-electron chi connectivity index (χ4n) is 1.96. The van der Waals surface area contributed by atoms with Crippen LogP contribution in [0.2, 0.25) is 0 Å². The van der Waals surface area contributed by atoms with Gasteiger partial charge in [-0.2, -0.15) is 0 Å². The van der Waals surface area contributed by atoms with Crippen LogP contribution in [-0.2, 0) is 0 Å². The highest BCUT2D eigenvalue weighted by atomic mass is 19.1. The molecule has 20 heavy (non-hydrogen) atoms. The molecule has 0 aliphatic heterocycles. The second-order valence-electron chi connectivity index (χ2n) is 4.54. The van der Waals surface area contributed by atoms with E-state index in [0.717, 1.165) is 17.8 Å². The first kappa shape index (κ1) is 14.1. The Hall–Kier alpha value is -2.36. The van der Waals surface area contributed by atoms with E-state index >= 15 is 0 Å². The average Bonchev–Trinajstić information content (AvgIpc) is 2.41. The maximum absolute atomic E-state index is 13.1. The SMILES string of the molecule is CCNc1ccc(C)cc1C(=O)Nc1cccc(F)c1. The van der Waals surface area contributed by atoms with Gasteiger partial charge in [-0.15, -0.1) is 0 Å². The van der Waals surface area contributed by atoms with Crippen molar-refractivity contribution in [3.8, 4) is 0 Å². The van der Waals surface area contributed by atoms with E-state index in [1.54, 1.807) is 12.1 Å². The van der Waals surface area contributed by atoms with Gasteiger partial charge in [-0.05, 0) is 44.2 Å². The third-order valence-electron chi connectivity index (χ3n) is 2.87. The van der Waals surface area contributed by atoms with Crippen LogP contribution in [0.25, 0.3) is 0 Å². The number of hydrogen-bond acceptors (Lipinski definition) is 2. The van der Waals surface area contributed by atoms with Gasteiger partial charge in [0.25, 0.3) is 5.91 Å². The van der Waals surface area contributed by atoms with Crippen LogP contribution < -0.4 is 10.6 Å². The molecule has 2 aromatic carbocycles. The van der Waals surface area contributed by atoms with Crippen LogP contribution in [-0.4, -0.2) is 12.5 Å². The molecule has 0 heterocycles. The zero-order chi connectivity index (χ0) is 14.5. The van der Waals surface area contributed by atoms with Crippen LogP contribution in [0.4, 0.5) is 15.8 Å². The van der Waals surface area contributed by atoms with Crippen molar-refractivity contribution in [2.45, 2.75) is 13.8 Å². The Kier molecular flexibility index (Phi) is 4.35. The van der Waals surface area contributed by atoms with Crippen molar-refractivity contribution in [1.82, 2.24) is 0 Å². The lowest BCUT2D eigenvalue weighted by Crippen LogP contribution is -2.15. The third-order valence-corrected chi connectivity index (χ3v) is 2.87. The summed E-state index contributed by atoms with van der Waals surface area (Å²) in [6.07, 6.45) is 0. The number of halogens is 1. The minimum absolute atomic E-state index is 0.254. The van der Waals surface area contributed by atoms with Crippen molar-refractivity contribution in [3.05, 3.63) is 59.4 Å². The fourth-order valence-corrected chi connectivity index (χ4v) is 1.96. The van der Waals surface area contributed by atoms with E-state index in [0.29, 0.717) is 11.3 Å². The molecule has 104 valence electrons. The smallest absolute Gasteiger partial charge is 0.257 e. The number of anilines is 2. The van der Waals surface area contributed by atoms with Crippen LogP contribution in [0.5, 0.6) is 0 Å². The molecular formula is C16H17FN2O. The Bertz CT molecular complexity index is 626. The second-order valence-corrected chi connectivity index (χ2v) is 4.54. The van der Waals surface area contributed by atoms with Gasteiger partial charge in [0.05, 0.1) is 5.56 Å². The van der Waals surface area contributed by atoms with E-state index in [2.05, 4.69) is 10.6 Å². The van der Waals surface area contributed by atoms with Crippen molar-refractivity contribution in [1.29, 1.82) is 0 Å². The van der Waals surface area contributed by atoms with Crippen LogP contribution in [0.1, 0.15) is 22.8 Å². The molecule has 0 fully saturated rings. The number of hydrogen-bond donors (Lipinski definition) is 2. The summed E-state index contributed by atoms with van der Waals surface area (Å²) in [6, 6.07) is 11.5. The number of nitrogens with one attached hydrogen (secondary N) is 2. The predicted molar refractivity (Wildman–Crippen MR) is 79.7 cm³/mol. The van der Waals surface area contributed by atoms with Gasteiger partial charge in [-0.3, -0.25) is 4.79 Å². The highest BCUT2D eigenvalue weighted by Crippen LogP contribution is 2.19. The number of benzene rings is 2. The fraction of sp³-hybridized carbons (Fsp3) is 0.188. The summed E-state index contributed by atoms with van der Waals surface area (Å²) < 4.78 is 13.1. The standard InChI is InChI=1S/C16H17FN2O/c1-3-18-15-8-7-11(2)9-14(15)16(20)19-13-6-4-5-12(17)10-13/h4-10,18H,3H2,1-2H3,(H,19,20). The molecule has 0 aromatic heterocycles. The zero-order valence-electron chi connectivity index (χ0n) is 11.5. The molecule has 0 spiro atoms. The predicted octanol–water partition coefficient (Wildman–Crippen LogP) is 3.82. The first-order valence-corrected chi connectivity index (χ1v) is 6.51. The zero-order valence-corrected chi connectivity index (χ0v) is 11.5. The summed E-state index contributed by atoms with van der Waals surface area (Å²) in [4.78, 5) is 12.3. The highest BCUT2D eigenvalue weighted by Gasteiger charge is 2.12. The molecule has 0 saturated carbocycles. The number of carbonyl (C=O) groups excluding carboxylic acids is 1. The van der Waals surface area contributed by atoms with E-state index in [4.69, 9.17) is 0 Å². The van der Waals surface area contributed by atoms with Crippen molar-refractivity contribution in [2.24, 2.45) is 0 Å². The normalized spacial score (nSPS) is 10.2. The summed E-state index contributed by atoms with van der Waals surface area (Å²) in [5.74, 6) is -0.630. The number of aryl methyl sites for hydroxylation is 1. The van der Waals surface area contributed by atoms with Crippen LogP contribution >= 0.6 is 0 Å². The molecule has 4 heteroatoms. The monoisotopic (exact) mass is 272 g/mol. The maximum atomic E-state index is 13.1. The van der Waals surface area contributed by atoms with E-state index in [1.807, 2.05) is 32.0 Å². The lowest BCUT2D eigenvalue weighted by Gasteiger charge is -2.12. The molecule has 3 nitrogen and oxygen atoms in total. The van der Waals surface area contributed by atoms with Gasteiger partial charge in [-0.1, -0.05) is 17.7 Å². The molecule has 1 amide bonds. The largest absolute Gasteiger partial charge is 0.385 e. The molecule has 0 bridgehead atoms. The maximum Gasteiger partial charge on any atom is 0.257 e. The van der Waals surface area contributed by atoms with Gasteiger partial charge >= 0.3 is 0 Å². The summed E-state index contributed by atoms with van der Waals surface area (Å²) in [6.45, 7) is 4.62. The Morgan fingerprint density at radius 1 is 1.20 bits per heavy atom. The first-order valence-electron chi connectivity index (χ1n) is 6.51. The Morgan fingerprint density at radius 3 is 2.70 bits per heavy atom.